The van der Waals surface area contributed by atoms with Crippen LogP contribution in [-0.4, -0.2) is 38.4 Å². The fourth-order valence-electron chi connectivity index (χ4n) is 4.09. The van der Waals surface area contributed by atoms with Crippen LogP contribution in [0.15, 0.2) is 6.07 Å². The quantitative estimate of drug-likeness (QED) is 0.894. The van der Waals surface area contributed by atoms with E-state index in [1.807, 2.05) is 20.0 Å². The zero-order valence-electron chi connectivity index (χ0n) is 15.0. The second kappa shape index (κ2) is 6.41. The molecular formula is C19H26N4O2. The number of nitrogens with one attached hydrogen (secondary N) is 1. The molecule has 25 heavy (non-hydrogen) atoms. The number of aliphatic hydroxyl groups excluding tert-OH is 1. The minimum absolute atomic E-state index is 0.0517. The van der Waals surface area contributed by atoms with Gasteiger partial charge in [-0.2, -0.15) is 5.10 Å². The Bertz CT molecular complexity index is 809. The highest BCUT2D eigenvalue weighted by Gasteiger charge is 2.30. The molecule has 1 amide bonds. The first-order chi connectivity index (χ1) is 12.1. The van der Waals surface area contributed by atoms with Gasteiger partial charge in [-0.1, -0.05) is 12.8 Å². The van der Waals surface area contributed by atoms with Gasteiger partial charge in [0, 0.05) is 37.2 Å². The highest BCUT2D eigenvalue weighted by molar-refractivity contribution is 6.06. The van der Waals surface area contributed by atoms with E-state index in [-0.39, 0.29) is 24.5 Å². The van der Waals surface area contributed by atoms with E-state index < -0.39 is 0 Å². The highest BCUT2D eigenvalue weighted by atomic mass is 16.3. The lowest BCUT2D eigenvalue weighted by molar-refractivity contribution is 0.0874. The zero-order valence-corrected chi connectivity index (χ0v) is 15.0. The summed E-state index contributed by atoms with van der Waals surface area (Å²) < 4.78 is 1.77. The Labute approximate surface area is 147 Å². The molecule has 4 rings (SSSR count). The molecule has 2 atom stereocenters. The number of fused-ring (bicyclic) bond motifs is 1. The predicted molar refractivity (Wildman–Crippen MR) is 95.5 cm³/mol. The largest absolute Gasteiger partial charge is 0.396 e. The predicted octanol–water partition coefficient (Wildman–Crippen LogP) is 2.44. The number of carbonyl (C=O) groups is 1. The van der Waals surface area contributed by atoms with Crippen LogP contribution in [0.1, 0.15) is 66.2 Å². The minimum Gasteiger partial charge on any atom is -0.396 e. The molecule has 2 heterocycles. The molecule has 0 spiro atoms. The van der Waals surface area contributed by atoms with E-state index in [1.54, 1.807) is 4.68 Å². The highest BCUT2D eigenvalue weighted by Crippen LogP contribution is 2.40. The van der Waals surface area contributed by atoms with E-state index in [0.29, 0.717) is 11.5 Å². The molecule has 0 bridgehead atoms. The normalized spacial score (nSPS) is 23.8. The molecule has 2 fully saturated rings. The lowest BCUT2D eigenvalue weighted by Crippen LogP contribution is -2.43. The smallest absolute Gasteiger partial charge is 0.252 e. The second-order valence-corrected chi connectivity index (χ2v) is 7.58. The van der Waals surface area contributed by atoms with Gasteiger partial charge in [-0.15, -0.1) is 0 Å². The number of carbonyl (C=O) groups excluding carboxylic acids is 1. The summed E-state index contributed by atoms with van der Waals surface area (Å²) in [4.78, 5) is 17.8. The summed E-state index contributed by atoms with van der Waals surface area (Å²) in [5, 5.41) is 18.1. The van der Waals surface area contributed by atoms with Crippen LogP contribution in [0.4, 0.5) is 0 Å². The van der Waals surface area contributed by atoms with Crippen LogP contribution in [0, 0.1) is 12.8 Å². The Morgan fingerprint density at radius 2 is 2.08 bits per heavy atom. The van der Waals surface area contributed by atoms with Crippen LogP contribution in [0.3, 0.4) is 0 Å². The molecule has 2 aromatic rings. The van der Waals surface area contributed by atoms with E-state index in [9.17, 15) is 9.90 Å². The van der Waals surface area contributed by atoms with Crippen molar-refractivity contribution in [1.82, 2.24) is 20.1 Å². The molecule has 0 aliphatic heterocycles. The van der Waals surface area contributed by atoms with Gasteiger partial charge in [-0.05, 0) is 38.7 Å². The van der Waals surface area contributed by atoms with Crippen molar-refractivity contribution in [2.24, 2.45) is 13.0 Å². The maximum atomic E-state index is 13.1. The fourth-order valence-corrected chi connectivity index (χ4v) is 4.09. The third-order valence-corrected chi connectivity index (χ3v) is 5.69. The molecule has 2 aromatic heterocycles. The lowest BCUT2D eigenvalue weighted by atomic mass is 9.85. The number of amides is 1. The van der Waals surface area contributed by atoms with Gasteiger partial charge < -0.3 is 10.4 Å². The number of aromatic nitrogens is 3. The van der Waals surface area contributed by atoms with E-state index >= 15 is 0 Å². The number of nitrogens with zero attached hydrogens (tertiary/aromatic N) is 3. The summed E-state index contributed by atoms with van der Waals surface area (Å²) in [6, 6.07) is 2.01. The summed E-state index contributed by atoms with van der Waals surface area (Å²) >= 11 is 0. The molecule has 0 radical (unpaired) electrons. The van der Waals surface area contributed by atoms with E-state index in [2.05, 4.69) is 10.4 Å². The van der Waals surface area contributed by atoms with Crippen molar-refractivity contribution in [3.63, 3.8) is 0 Å². The van der Waals surface area contributed by atoms with Crippen molar-refractivity contribution in [3.8, 4) is 0 Å². The Morgan fingerprint density at radius 1 is 1.32 bits per heavy atom. The average molecular weight is 342 g/mol. The maximum Gasteiger partial charge on any atom is 0.252 e. The van der Waals surface area contributed by atoms with Crippen LogP contribution < -0.4 is 5.32 Å². The summed E-state index contributed by atoms with van der Waals surface area (Å²) in [7, 11) is 1.88. The SMILES string of the molecule is Cc1nn(C)c2nc(C3CC3)cc(C(=O)NC3CCCCC3CO)c12. The molecular weight excluding hydrogens is 316 g/mol. The van der Waals surface area contributed by atoms with Crippen LogP contribution in [-0.2, 0) is 7.05 Å². The van der Waals surface area contributed by atoms with E-state index in [4.69, 9.17) is 4.98 Å². The monoisotopic (exact) mass is 342 g/mol. The van der Waals surface area contributed by atoms with Gasteiger partial charge in [-0.25, -0.2) is 4.98 Å². The summed E-state index contributed by atoms with van der Waals surface area (Å²) in [6.07, 6.45) is 6.44. The molecule has 0 aromatic carbocycles. The van der Waals surface area contributed by atoms with Gasteiger partial charge in [0.05, 0.1) is 16.6 Å². The third kappa shape index (κ3) is 3.03. The van der Waals surface area contributed by atoms with Crippen LogP contribution >= 0.6 is 0 Å². The Hall–Kier alpha value is -1.95. The molecule has 6 nitrogen and oxygen atoms in total. The van der Waals surface area contributed by atoms with Crippen molar-refractivity contribution in [1.29, 1.82) is 0 Å². The van der Waals surface area contributed by atoms with Crippen molar-refractivity contribution in [2.45, 2.75) is 57.4 Å². The molecule has 2 aliphatic carbocycles. The first kappa shape index (κ1) is 16.5. The lowest BCUT2D eigenvalue weighted by Gasteiger charge is -2.31. The van der Waals surface area contributed by atoms with Gasteiger partial charge in [0.1, 0.15) is 0 Å². The van der Waals surface area contributed by atoms with Gasteiger partial charge in [-0.3, -0.25) is 9.48 Å². The third-order valence-electron chi connectivity index (χ3n) is 5.69. The minimum atomic E-state index is -0.0595. The van der Waals surface area contributed by atoms with Gasteiger partial charge in [0.2, 0.25) is 0 Å². The number of hydrogen-bond donors (Lipinski definition) is 2. The standard InChI is InChI=1S/C19H26N4O2/c1-11-17-14(19(25)21-15-6-4-3-5-13(15)10-24)9-16(12-7-8-12)20-18(17)23(2)22-11/h9,12-13,15,24H,3-8,10H2,1-2H3,(H,21,25). The summed E-state index contributed by atoms with van der Waals surface area (Å²) in [5.74, 6) is 0.578. The summed E-state index contributed by atoms with van der Waals surface area (Å²) in [5.41, 5.74) is 3.30. The molecule has 2 unspecified atom stereocenters. The molecule has 0 saturated heterocycles. The molecule has 2 N–H and O–H groups in total. The zero-order chi connectivity index (χ0) is 17.6. The van der Waals surface area contributed by atoms with Crippen molar-refractivity contribution < 1.29 is 9.90 Å². The van der Waals surface area contributed by atoms with Crippen LogP contribution in [0.25, 0.3) is 11.0 Å². The Kier molecular flexibility index (Phi) is 4.23. The first-order valence-electron chi connectivity index (χ1n) is 9.34. The second-order valence-electron chi connectivity index (χ2n) is 7.58. The van der Waals surface area contributed by atoms with Crippen molar-refractivity contribution in [2.75, 3.05) is 6.61 Å². The van der Waals surface area contributed by atoms with Gasteiger partial charge >= 0.3 is 0 Å². The van der Waals surface area contributed by atoms with Crippen molar-refractivity contribution in [3.05, 3.63) is 23.0 Å². The van der Waals surface area contributed by atoms with Crippen molar-refractivity contribution >= 4 is 16.9 Å². The van der Waals surface area contributed by atoms with Gasteiger partial charge in [0.15, 0.2) is 5.65 Å². The van der Waals surface area contributed by atoms with Crippen LogP contribution in [0.2, 0.25) is 0 Å². The number of hydrogen-bond acceptors (Lipinski definition) is 4. The average Bonchev–Trinajstić information content (AvgIpc) is 3.42. The molecule has 2 saturated carbocycles. The molecule has 134 valence electrons. The number of aliphatic hydroxyl groups is 1. The molecule has 2 aliphatic rings. The van der Waals surface area contributed by atoms with E-state index in [0.717, 1.165) is 60.9 Å². The maximum absolute atomic E-state index is 13.1. The number of rotatable bonds is 4. The van der Waals surface area contributed by atoms with E-state index in [1.165, 1.54) is 0 Å². The van der Waals surface area contributed by atoms with Gasteiger partial charge in [0.25, 0.3) is 5.91 Å². The fraction of sp³-hybridized carbons (Fsp3) is 0.632. The summed E-state index contributed by atoms with van der Waals surface area (Å²) in [6.45, 7) is 2.06. The Morgan fingerprint density at radius 3 is 2.80 bits per heavy atom. The first-order valence-corrected chi connectivity index (χ1v) is 9.34. The molecule has 6 heteroatoms. The Balaban J connectivity index is 1.70. The number of aryl methyl sites for hydroxylation is 2. The van der Waals surface area contributed by atoms with Crippen LogP contribution in [0.5, 0.6) is 0 Å². The topological polar surface area (TPSA) is 80.0 Å². The number of pyridine rings is 1.